The molecule has 2 amide bonds. The fourth-order valence-corrected chi connectivity index (χ4v) is 5.40. The molecule has 4 rings (SSSR count). The average molecular weight is 331 g/mol. The Hall–Kier alpha value is -1.59. The van der Waals surface area contributed by atoms with Gasteiger partial charge in [0.2, 0.25) is 0 Å². The van der Waals surface area contributed by atoms with Crippen LogP contribution in [0.15, 0.2) is 12.7 Å². The standard InChI is InChI=1S/C18H29N5O/c1-17(2)13-4-7-18(17,3)15(10-13)21-16(24)22-8-5-14(6-9-22)23-12-19-11-20-23/h11-15H,4-10H2,1-3H3,(H,21,24)/t13-,15-,18-/m0/s1. The van der Waals surface area contributed by atoms with Crippen LogP contribution in [0.25, 0.3) is 0 Å². The first-order valence-corrected chi connectivity index (χ1v) is 9.31. The number of nitrogens with zero attached hydrogens (tertiary/aromatic N) is 4. The van der Waals surface area contributed by atoms with Crippen LogP contribution >= 0.6 is 0 Å². The van der Waals surface area contributed by atoms with Crippen molar-refractivity contribution in [2.24, 2.45) is 16.7 Å². The molecule has 1 aliphatic heterocycles. The molecule has 1 aromatic rings. The smallest absolute Gasteiger partial charge is 0.317 e. The lowest BCUT2D eigenvalue weighted by Gasteiger charge is -2.41. The SMILES string of the molecule is CC1(C)[C@H]2CC[C@@]1(C)[C@@H](NC(=O)N1CCC(n3cncn3)CC1)C2. The third-order valence-electron chi connectivity index (χ3n) is 7.65. The van der Waals surface area contributed by atoms with Crippen molar-refractivity contribution in [1.29, 1.82) is 0 Å². The van der Waals surface area contributed by atoms with Crippen molar-refractivity contribution < 1.29 is 4.79 Å². The van der Waals surface area contributed by atoms with Crippen LogP contribution in [0, 0.1) is 16.7 Å². The van der Waals surface area contributed by atoms with Gasteiger partial charge in [0, 0.05) is 19.1 Å². The van der Waals surface area contributed by atoms with E-state index in [0.717, 1.165) is 38.3 Å². The molecule has 0 spiro atoms. The number of carbonyl (C=O) groups excluding carboxylic acids is 1. The molecule has 0 unspecified atom stereocenters. The number of carbonyl (C=O) groups is 1. The Morgan fingerprint density at radius 3 is 2.50 bits per heavy atom. The van der Waals surface area contributed by atoms with E-state index in [0.29, 0.717) is 17.5 Å². The van der Waals surface area contributed by atoms with E-state index in [9.17, 15) is 4.79 Å². The monoisotopic (exact) mass is 331 g/mol. The molecule has 2 aliphatic carbocycles. The largest absolute Gasteiger partial charge is 0.335 e. The van der Waals surface area contributed by atoms with E-state index in [1.807, 2.05) is 9.58 Å². The second-order valence-electron chi connectivity index (χ2n) is 8.71. The summed E-state index contributed by atoms with van der Waals surface area (Å²) in [6, 6.07) is 0.823. The Morgan fingerprint density at radius 1 is 1.21 bits per heavy atom. The summed E-state index contributed by atoms with van der Waals surface area (Å²) in [5.41, 5.74) is 0.581. The van der Waals surface area contributed by atoms with Gasteiger partial charge in [-0.1, -0.05) is 20.8 Å². The Balaban J connectivity index is 1.35. The Morgan fingerprint density at radius 2 is 1.96 bits per heavy atom. The van der Waals surface area contributed by atoms with E-state index in [-0.39, 0.29) is 11.4 Å². The van der Waals surface area contributed by atoms with Gasteiger partial charge in [0.1, 0.15) is 12.7 Å². The third kappa shape index (κ3) is 2.25. The normalized spacial score (nSPS) is 35.4. The zero-order chi connectivity index (χ0) is 16.9. The number of hydrogen-bond acceptors (Lipinski definition) is 3. The molecule has 3 atom stereocenters. The van der Waals surface area contributed by atoms with E-state index in [4.69, 9.17) is 0 Å². The van der Waals surface area contributed by atoms with Gasteiger partial charge in [0.05, 0.1) is 6.04 Å². The summed E-state index contributed by atoms with van der Waals surface area (Å²) in [6.07, 6.45) is 8.96. The average Bonchev–Trinajstić information content (AvgIpc) is 3.22. The molecule has 3 aliphatic rings. The highest BCUT2D eigenvalue weighted by atomic mass is 16.2. The Kier molecular flexibility index (Phi) is 3.62. The van der Waals surface area contributed by atoms with Crippen LogP contribution in [0.5, 0.6) is 0 Å². The van der Waals surface area contributed by atoms with Crippen molar-refractivity contribution in [3.8, 4) is 0 Å². The van der Waals surface area contributed by atoms with Crippen molar-refractivity contribution >= 4 is 6.03 Å². The van der Waals surface area contributed by atoms with Crippen LogP contribution in [0.2, 0.25) is 0 Å². The lowest BCUT2D eigenvalue weighted by molar-refractivity contribution is 0.113. The summed E-state index contributed by atoms with van der Waals surface area (Å²) in [7, 11) is 0. The first-order valence-electron chi connectivity index (χ1n) is 9.31. The molecular weight excluding hydrogens is 302 g/mol. The summed E-state index contributed by atoms with van der Waals surface area (Å²) in [4.78, 5) is 18.8. The predicted molar refractivity (Wildman–Crippen MR) is 91.4 cm³/mol. The van der Waals surface area contributed by atoms with Gasteiger partial charge in [0.25, 0.3) is 0 Å². The van der Waals surface area contributed by atoms with E-state index in [1.54, 1.807) is 12.7 Å². The number of likely N-dealkylation sites (tertiary alicyclic amines) is 1. The summed E-state index contributed by atoms with van der Waals surface area (Å²) >= 11 is 0. The number of amides is 2. The van der Waals surface area contributed by atoms with Gasteiger partial charge >= 0.3 is 6.03 Å². The van der Waals surface area contributed by atoms with Crippen LogP contribution < -0.4 is 5.32 Å². The minimum atomic E-state index is 0.126. The molecule has 1 N–H and O–H groups in total. The summed E-state index contributed by atoms with van der Waals surface area (Å²) in [6.45, 7) is 8.75. The maximum atomic E-state index is 12.8. The highest BCUT2D eigenvalue weighted by molar-refractivity contribution is 5.74. The lowest BCUT2D eigenvalue weighted by Crippen LogP contribution is -2.52. The van der Waals surface area contributed by atoms with E-state index in [2.05, 4.69) is 36.2 Å². The van der Waals surface area contributed by atoms with Crippen LogP contribution in [0.1, 0.15) is 58.9 Å². The third-order valence-corrected chi connectivity index (χ3v) is 7.65. The van der Waals surface area contributed by atoms with Gasteiger partial charge in [0.15, 0.2) is 0 Å². The highest BCUT2D eigenvalue weighted by Crippen LogP contribution is 2.65. The first-order chi connectivity index (χ1) is 11.4. The second kappa shape index (κ2) is 5.46. The molecule has 6 heteroatoms. The summed E-state index contributed by atoms with van der Waals surface area (Å²) < 4.78 is 1.93. The number of fused-ring (bicyclic) bond motifs is 2. The molecule has 2 saturated carbocycles. The van der Waals surface area contributed by atoms with Gasteiger partial charge in [-0.2, -0.15) is 5.10 Å². The van der Waals surface area contributed by atoms with E-state index in [1.165, 1.54) is 12.8 Å². The van der Waals surface area contributed by atoms with Gasteiger partial charge < -0.3 is 10.2 Å². The first kappa shape index (κ1) is 15.9. The van der Waals surface area contributed by atoms with Crippen molar-refractivity contribution in [2.45, 2.75) is 65.0 Å². The van der Waals surface area contributed by atoms with Crippen molar-refractivity contribution in [1.82, 2.24) is 25.0 Å². The van der Waals surface area contributed by atoms with E-state index >= 15 is 0 Å². The van der Waals surface area contributed by atoms with Crippen LogP contribution in [0.3, 0.4) is 0 Å². The topological polar surface area (TPSA) is 63.1 Å². The van der Waals surface area contributed by atoms with Crippen LogP contribution in [0.4, 0.5) is 4.79 Å². The molecule has 2 bridgehead atoms. The minimum Gasteiger partial charge on any atom is -0.335 e. The number of nitrogens with one attached hydrogen (secondary N) is 1. The van der Waals surface area contributed by atoms with Crippen molar-refractivity contribution in [3.63, 3.8) is 0 Å². The molecule has 0 aromatic carbocycles. The fraction of sp³-hybridized carbons (Fsp3) is 0.833. The van der Waals surface area contributed by atoms with Crippen LogP contribution in [-0.2, 0) is 0 Å². The lowest BCUT2D eigenvalue weighted by atomic mass is 9.69. The highest BCUT2D eigenvalue weighted by Gasteiger charge is 2.61. The molecule has 1 saturated heterocycles. The van der Waals surface area contributed by atoms with Gasteiger partial charge in [-0.15, -0.1) is 0 Å². The zero-order valence-corrected chi connectivity index (χ0v) is 15.0. The van der Waals surface area contributed by atoms with Gasteiger partial charge in [-0.25, -0.2) is 14.5 Å². The molecule has 132 valence electrons. The number of hydrogen-bond donors (Lipinski definition) is 1. The molecule has 0 radical (unpaired) electrons. The van der Waals surface area contributed by atoms with Crippen molar-refractivity contribution in [3.05, 3.63) is 12.7 Å². The second-order valence-corrected chi connectivity index (χ2v) is 8.71. The number of urea groups is 1. The van der Waals surface area contributed by atoms with E-state index < -0.39 is 0 Å². The van der Waals surface area contributed by atoms with Gasteiger partial charge in [-0.3, -0.25) is 0 Å². The molecule has 24 heavy (non-hydrogen) atoms. The van der Waals surface area contributed by atoms with Crippen molar-refractivity contribution in [2.75, 3.05) is 13.1 Å². The molecular formula is C18H29N5O. The molecule has 3 fully saturated rings. The van der Waals surface area contributed by atoms with Crippen LogP contribution in [-0.4, -0.2) is 44.8 Å². The quantitative estimate of drug-likeness (QED) is 0.906. The zero-order valence-electron chi connectivity index (χ0n) is 15.0. The molecule has 1 aromatic heterocycles. The Labute approximate surface area is 144 Å². The predicted octanol–water partition coefficient (Wildman–Crippen LogP) is 2.84. The maximum absolute atomic E-state index is 12.8. The maximum Gasteiger partial charge on any atom is 0.317 e. The molecule has 6 nitrogen and oxygen atoms in total. The summed E-state index contributed by atoms with van der Waals surface area (Å²) in [5.74, 6) is 0.755. The number of rotatable bonds is 2. The number of aromatic nitrogens is 3. The fourth-order valence-electron chi connectivity index (χ4n) is 5.40. The van der Waals surface area contributed by atoms with Gasteiger partial charge in [-0.05, 0) is 48.9 Å². The molecule has 2 heterocycles. The summed E-state index contributed by atoms with van der Waals surface area (Å²) in [5, 5.41) is 7.61. The Bertz CT molecular complexity index is 605. The minimum absolute atomic E-state index is 0.126. The number of piperidine rings is 1.